The normalized spacial score (nSPS) is 14.4. The van der Waals surface area contributed by atoms with E-state index in [0.717, 1.165) is 35.0 Å². The van der Waals surface area contributed by atoms with Crippen molar-refractivity contribution in [3.05, 3.63) is 46.0 Å². The van der Waals surface area contributed by atoms with Crippen molar-refractivity contribution in [2.75, 3.05) is 36.5 Å². The number of benzene rings is 1. The molecule has 1 N–H and O–H groups in total. The summed E-state index contributed by atoms with van der Waals surface area (Å²) in [5, 5.41) is 3.61. The van der Waals surface area contributed by atoms with Crippen LogP contribution in [0.3, 0.4) is 0 Å². The van der Waals surface area contributed by atoms with Gasteiger partial charge in [-0.25, -0.2) is 4.98 Å². The van der Waals surface area contributed by atoms with Crippen molar-refractivity contribution in [2.45, 2.75) is 20.4 Å². The van der Waals surface area contributed by atoms with Crippen LogP contribution in [0.4, 0.5) is 10.8 Å². The first-order chi connectivity index (χ1) is 13.5. The number of aromatic nitrogens is 3. The predicted molar refractivity (Wildman–Crippen MR) is 109 cm³/mol. The SMILES string of the molecule is Cc1cc(C)cc(NC(=O)Cn2cnc3nc(N4CCOCC4)sc3c2=O)c1. The van der Waals surface area contributed by atoms with Crippen LogP contribution in [0.1, 0.15) is 11.1 Å². The monoisotopic (exact) mass is 399 g/mol. The van der Waals surface area contributed by atoms with Gasteiger partial charge < -0.3 is 15.0 Å². The van der Waals surface area contributed by atoms with E-state index in [2.05, 4.69) is 20.2 Å². The number of amides is 1. The Kier molecular flexibility index (Phi) is 5.10. The summed E-state index contributed by atoms with van der Waals surface area (Å²) >= 11 is 1.31. The van der Waals surface area contributed by atoms with Gasteiger partial charge in [-0.15, -0.1) is 0 Å². The first kappa shape index (κ1) is 18.6. The standard InChI is InChI=1S/C19H21N5O3S/c1-12-7-13(2)9-14(8-12)21-15(25)10-24-11-20-17-16(18(24)26)28-19(22-17)23-3-5-27-6-4-23/h7-9,11H,3-6,10H2,1-2H3,(H,21,25). The first-order valence-corrected chi connectivity index (χ1v) is 9.88. The van der Waals surface area contributed by atoms with Gasteiger partial charge in [-0.1, -0.05) is 17.4 Å². The molecular formula is C19H21N5O3S. The molecule has 9 heteroatoms. The third kappa shape index (κ3) is 3.90. The molecule has 2 aromatic heterocycles. The molecular weight excluding hydrogens is 378 g/mol. The fourth-order valence-corrected chi connectivity index (χ4v) is 4.26. The van der Waals surface area contributed by atoms with Crippen molar-refractivity contribution in [1.29, 1.82) is 0 Å². The van der Waals surface area contributed by atoms with E-state index in [-0.39, 0.29) is 18.0 Å². The second kappa shape index (κ2) is 7.69. The van der Waals surface area contributed by atoms with E-state index in [0.29, 0.717) is 23.6 Å². The number of morpholine rings is 1. The lowest BCUT2D eigenvalue weighted by atomic mass is 10.1. The Bertz CT molecular complexity index is 1060. The van der Waals surface area contributed by atoms with Crippen molar-refractivity contribution in [3.63, 3.8) is 0 Å². The topological polar surface area (TPSA) is 89.3 Å². The molecule has 4 rings (SSSR count). The first-order valence-electron chi connectivity index (χ1n) is 9.06. The van der Waals surface area contributed by atoms with Gasteiger partial charge in [0.15, 0.2) is 10.8 Å². The summed E-state index contributed by atoms with van der Waals surface area (Å²) in [6.07, 6.45) is 1.38. The highest BCUT2D eigenvalue weighted by molar-refractivity contribution is 7.22. The van der Waals surface area contributed by atoms with Crippen LogP contribution >= 0.6 is 11.3 Å². The average Bonchev–Trinajstić information content (AvgIpc) is 3.09. The predicted octanol–water partition coefficient (Wildman–Crippen LogP) is 1.95. The fourth-order valence-electron chi connectivity index (χ4n) is 3.24. The zero-order valence-electron chi connectivity index (χ0n) is 15.8. The number of nitrogens with zero attached hydrogens (tertiary/aromatic N) is 4. The summed E-state index contributed by atoms with van der Waals surface area (Å²) in [6, 6.07) is 5.83. The Labute approximate surface area is 165 Å². The van der Waals surface area contributed by atoms with Crippen molar-refractivity contribution >= 4 is 38.4 Å². The summed E-state index contributed by atoms with van der Waals surface area (Å²) in [7, 11) is 0. The maximum Gasteiger partial charge on any atom is 0.273 e. The highest BCUT2D eigenvalue weighted by Crippen LogP contribution is 2.25. The van der Waals surface area contributed by atoms with Crippen LogP contribution in [-0.2, 0) is 16.1 Å². The van der Waals surface area contributed by atoms with Gasteiger partial charge >= 0.3 is 0 Å². The zero-order chi connectivity index (χ0) is 19.7. The molecule has 0 saturated carbocycles. The number of fused-ring (bicyclic) bond motifs is 1. The lowest BCUT2D eigenvalue weighted by Gasteiger charge is -2.25. The van der Waals surface area contributed by atoms with Gasteiger partial charge in [0.25, 0.3) is 5.56 Å². The van der Waals surface area contributed by atoms with E-state index >= 15 is 0 Å². The molecule has 1 saturated heterocycles. The largest absolute Gasteiger partial charge is 0.378 e. The fraction of sp³-hybridized carbons (Fsp3) is 0.368. The molecule has 0 unspecified atom stereocenters. The van der Waals surface area contributed by atoms with Crippen molar-refractivity contribution in [1.82, 2.24) is 14.5 Å². The van der Waals surface area contributed by atoms with Gasteiger partial charge in [-0.05, 0) is 37.1 Å². The molecule has 0 aliphatic carbocycles. The minimum atomic E-state index is -0.272. The maximum atomic E-state index is 12.8. The highest BCUT2D eigenvalue weighted by atomic mass is 32.1. The van der Waals surface area contributed by atoms with Gasteiger partial charge in [0.2, 0.25) is 5.91 Å². The van der Waals surface area contributed by atoms with Gasteiger partial charge in [0.1, 0.15) is 17.6 Å². The number of thiazole rings is 1. The average molecular weight is 399 g/mol. The zero-order valence-corrected chi connectivity index (χ0v) is 16.6. The highest BCUT2D eigenvalue weighted by Gasteiger charge is 2.18. The third-order valence-electron chi connectivity index (χ3n) is 4.47. The number of anilines is 2. The summed E-state index contributed by atoms with van der Waals surface area (Å²) in [6.45, 7) is 6.62. The number of hydrogen-bond acceptors (Lipinski definition) is 7. The van der Waals surface area contributed by atoms with Crippen LogP contribution < -0.4 is 15.8 Å². The molecule has 1 aliphatic rings. The molecule has 146 valence electrons. The Morgan fingerprint density at radius 3 is 2.64 bits per heavy atom. The van der Waals surface area contributed by atoms with E-state index in [1.807, 2.05) is 32.0 Å². The van der Waals surface area contributed by atoms with Crippen LogP contribution in [-0.4, -0.2) is 46.7 Å². The minimum absolute atomic E-state index is 0.0977. The molecule has 0 spiro atoms. The van der Waals surface area contributed by atoms with Crippen LogP contribution in [0, 0.1) is 13.8 Å². The van der Waals surface area contributed by atoms with Crippen LogP contribution in [0.5, 0.6) is 0 Å². The minimum Gasteiger partial charge on any atom is -0.378 e. The third-order valence-corrected chi connectivity index (χ3v) is 5.57. The lowest BCUT2D eigenvalue weighted by molar-refractivity contribution is -0.116. The number of carbonyl (C=O) groups is 1. The van der Waals surface area contributed by atoms with E-state index in [1.165, 1.54) is 22.2 Å². The van der Waals surface area contributed by atoms with E-state index < -0.39 is 0 Å². The van der Waals surface area contributed by atoms with Crippen LogP contribution in [0.15, 0.2) is 29.3 Å². The molecule has 1 aromatic carbocycles. The Morgan fingerprint density at radius 2 is 1.93 bits per heavy atom. The second-order valence-electron chi connectivity index (χ2n) is 6.85. The van der Waals surface area contributed by atoms with E-state index in [1.54, 1.807) is 0 Å². The number of hydrogen-bond donors (Lipinski definition) is 1. The quantitative estimate of drug-likeness (QED) is 0.721. The summed E-state index contributed by atoms with van der Waals surface area (Å²) in [5.74, 6) is -0.272. The Balaban J connectivity index is 1.54. The molecule has 3 heterocycles. The molecule has 1 amide bonds. The van der Waals surface area contributed by atoms with Crippen molar-refractivity contribution in [2.24, 2.45) is 0 Å². The number of aryl methyl sites for hydroxylation is 2. The lowest BCUT2D eigenvalue weighted by Crippen LogP contribution is -2.36. The summed E-state index contributed by atoms with van der Waals surface area (Å²) < 4.78 is 7.14. The Morgan fingerprint density at radius 1 is 1.21 bits per heavy atom. The van der Waals surface area contributed by atoms with Crippen LogP contribution in [0.2, 0.25) is 0 Å². The maximum absolute atomic E-state index is 12.8. The number of rotatable bonds is 4. The summed E-state index contributed by atoms with van der Waals surface area (Å²) in [4.78, 5) is 36.0. The van der Waals surface area contributed by atoms with Crippen molar-refractivity contribution in [3.8, 4) is 0 Å². The number of ether oxygens (including phenoxy) is 1. The molecule has 0 atom stereocenters. The molecule has 8 nitrogen and oxygen atoms in total. The van der Waals surface area contributed by atoms with Gasteiger partial charge in [-0.3, -0.25) is 14.2 Å². The molecule has 1 fully saturated rings. The molecule has 28 heavy (non-hydrogen) atoms. The number of nitrogens with one attached hydrogen (secondary N) is 1. The molecule has 0 bridgehead atoms. The Hall–Kier alpha value is -2.78. The van der Waals surface area contributed by atoms with Crippen molar-refractivity contribution < 1.29 is 9.53 Å². The van der Waals surface area contributed by atoms with E-state index in [9.17, 15) is 9.59 Å². The smallest absolute Gasteiger partial charge is 0.273 e. The molecule has 0 radical (unpaired) electrons. The second-order valence-corrected chi connectivity index (χ2v) is 7.83. The number of carbonyl (C=O) groups excluding carboxylic acids is 1. The molecule has 1 aliphatic heterocycles. The molecule has 3 aromatic rings. The van der Waals surface area contributed by atoms with Gasteiger partial charge in [0, 0.05) is 18.8 Å². The van der Waals surface area contributed by atoms with Crippen LogP contribution in [0.25, 0.3) is 10.3 Å². The van der Waals surface area contributed by atoms with E-state index in [4.69, 9.17) is 4.74 Å². The summed E-state index contributed by atoms with van der Waals surface area (Å²) in [5.41, 5.74) is 3.02. The van der Waals surface area contributed by atoms with Gasteiger partial charge in [-0.2, -0.15) is 4.98 Å². The van der Waals surface area contributed by atoms with Gasteiger partial charge in [0.05, 0.1) is 13.2 Å².